The van der Waals surface area contributed by atoms with Gasteiger partial charge in [0.1, 0.15) is 0 Å². The maximum atomic E-state index is 2.58. The molecule has 0 heterocycles. The highest BCUT2D eigenvalue weighted by molar-refractivity contribution is 6.46. The predicted octanol–water partition coefficient (Wildman–Crippen LogP) is 16.3. The number of hydrogen-bond donors (Lipinski definition) is 0. The molecular weight excluding hydrogens is 673 g/mol. The first kappa shape index (κ1) is 32.0. The molecule has 0 amide bonds. The molecule has 12 aromatic rings. The first-order valence-corrected chi connectivity index (χ1v) is 20.2. The van der Waals surface area contributed by atoms with Gasteiger partial charge in [-0.2, -0.15) is 0 Å². The van der Waals surface area contributed by atoms with Gasteiger partial charge in [0, 0.05) is 0 Å². The molecule has 0 bridgehead atoms. The summed E-state index contributed by atoms with van der Waals surface area (Å²) in [4.78, 5) is 0. The third kappa shape index (κ3) is 4.20. The molecule has 0 radical (unpaired) electrons. The van der Waals surface area contributed by atoms with Crippen molar-refractivity contribution in [2.45, 2.75) is 52.4 Å². The van der Waals surface area contributed by atoms with Crippen molar-refractivity contribution in [2.75, 3.05) is 0 Å². The van der Waals surface area contributed by atoms with E-state index in [0.717, 1.165) is 0 Å². The highest BCUT2D eigenvalue weighted by Crippen LogP contribution is 2.55. The summed E-state index contributed by atoms with van der Waals surface area (Å²) < 4.78 is 0. The van der Waals surface area contributed by atoms with Crippen molar-refractivity contribution < 1.29 is 0 Å². The summed E-state index contributed by atoms with van der Waals surface area (Å²) in [7, 11) is 0. The standard InChI is InChI=1S/C56H42/c1-55(2,3)37-24-36-25-38(56(4,5)6)28-43-41-30-45-44(29-40(41)42(27-37)48(36)43)49(31-14-9-7-10-15-31)53-39-23-22-34-21-20-33-18-13-19-35-26-46(52(39)51(34)47(33)35)54(53)50(45)32-16-11-8-12-17-32/h7-30H,1-6H3. The average molecular weight is 715 g/mol. The molecule has 56 heavy (non-hydrogen) atoms. The molecule has 0 saturated heterocycles. The molecule has 12 aromatic carbocycles. The van der Waals surface area contributed by atoms with E-state index in [9.17, 15) is 0 Å². The zero-order valence-electron chi connectivity index (χ0n) is 32.9. The van der Waals surface area contributed by atoms with E-state index in [0.29, 0.717) is 0 Å². The van der Waals surface area contributed by atoms with E-state index >= 15 is 0 Å². The highest BCUT2D eigenvalue weighted by Gasteiger charge is 2.28. The fraction of sp³-hybridized carbons (Fsp3) is 0.143. The van der Waals surface area contributed by atoms with Gasteiger partial charge in [-0.3, -0.25) is 0 Å². The van der Waals surface area contributed by atoms with Crippen LogP contribution in [0.15, 0.2) is 146 Å². The fourth-order valence-corrected chi connectivity index (χ4v) is 10.4. The van der Waals surface area contributed by atoms with Crippen LogP contribution in [0.25, 0.3) is 119 Å². The molecule has 0 atom stereocenters. The van der Waals surface area contributed by atoms with E-state index in [4.69, 9.17) is 0 Å². The van der Waals surface area contributed by atoms with Gasteiger partial charge in [-0.15, -0.1) is 0 Å². The molecule has 0 fully saturated rings. The van der Waals surface area contributed by atoms with Gasteiger partial charge in [-0.05, 0) is 171 Å². The van der Waals surface area contributed by atoms with Crippen molar-refractivity contribution in [1.29, 1.82) is 0 Å². The SMILES string of the molecule is CC(C)(C)c1cc2cc(C(C)(C)C)cc3c4cc5c(-c6ccccc6)c6c7cc8cccc9ccc%10ccc(c6c(-c6ccccc6)c5cc4c(c1)c23)c7c%10c98. The van der Waals surface area contributed by atoms with E-state index < -0.39 is 0 Å². The summed E-state index contributed by atoms with van der Waals surface area (Å²) >= 11 is 0. The molecule has 0 N–H and O–H groups in total. The lowest BCUT2D eigenvalue weighted by Gasteiger charge is -2.22. The van der Waals surface area contributed by atoms with Crippen molar-refractivity contribution in [3.8, 4) is 22.3 Å². The first-order chi connectivity index (χ1) is 27.0. The Morgan fingerprint density at radius 3 is 1.32 bits per heavy atom. The Balaban J connectivity index is 1.39. The molecule has 266 valence electrons. The van der Waals surface area contributed by atoms with Crippen LogP contribution in [-0.4, -0.2) is 0 Å². The maximum absolute atomic E-state index is 2.58. The zero-order valence-corrected chi connectivity index (χ0v) is 32.9. The zero-order chi connectivity index (χ0) is 37.8. The largest absolute Gasteiger partial charge is 0.0622 e. The minimum Gasteiger partial charge on any atom is -0.0622 e. The summed E-state index contributed by atoms with van der Waals surface area (Å²) in [6.07, 6.45) is 0. The quantitative estimate of drug-likeness (QED) is 0.156. The Labute approximate surface area is 327 Å². The van der Waals surface area contributed by atoms with Gasteiger partial charge < -0.3 is 0 Å². The smallest absolute Gasteiger partial charge is 0.000719 e. The minimum atomic E-state index is 0.0163. The van der Waals surface area contributed by atoms with E-state index in [1.165, 1.54) is 130 Å². The Morgan fingerprint density at radius 2 is 0.768 bits per heavy atom. The summed E-state index contributed by atoms with van der Waals surface area (Å²) in [6.45, 7) is 14.1. The lowest BCUT2D eigenvalue weighted by molar-refractivity contribution is 0.590. The van der Waals surface area contributed by atoms with Crippen LogP contribution in [0.2, 0.25) is 0 Å². The van der Waals surface area contributed by atoms with Gasteiger partial charge in [0.05, 0.1) is 0 Å². The molecule has 0 heteroatoms. The van der Waals surface area contributed by atoms with Crippen molar-refractivity contribution in [3.05, 3.63) is 157 Å². The van der Waals surface area contributed by atoms with Gasteiger partial charge in [0.25, 0.3) is 0 Å². The lowest BCUT2D eigenvalue weighted by atomic mass is 9.82. The van der Waals surface area contributed by atoms with Crippen molar-refractivity contribution in [1.82, 2.24) is 0 Å². The average Bonchev–Trinajstić information content (AvgIpc) is 3.69. The molecule has 12 rings (SSSR count). The number of hydrogen-bond acceptors (Lipinski definition) is 0. The molecule has 0 spiro atoms. The maximum Gasteiger partial charge on any atom is -0.000719 e. The second-order valence-corrected chi connectivity index (χ2v) is 18.5. The molecular formula is C56H42. The van der Waals surface area contributed by atoms with Gasteiger partial charge in [-0.25, -0.2) is 0 Å². The van der Waals surface area contributed by atoms with Crippen molar-refractivity contribution >= 4 is 97.0 Å². The summed E-state index contributed by atoms with van der Waals surface area (Å²) in [5.74, 6) is 0. The van der Waals surface area contributed by atoms with Gasteiger partial charge in [0.15, 0.2) is 0 Å². The molecule has 0 saturated carbocycles. The van der Waals surface area contributed by atoms with Crippen molar-refractivity contribution in [3.63, 3.8) is 0 Å². The molecule has 0 aliphatic heterocycles. The summed E-state index contributed by atoms with van der Waals surface area (Å²) in [5, 5.41) is 24.3. The third-order valence-electron chi connectivity index (χ3n) is 13.1. The van der Waals surface area contributed by atoms with E-state index in [-0.39, 0.29) is 10.8 Å². The van der Waals surface area contributed by atoms with Crippen LogP contribution in [0.4, 0.5) is 0 Å². The second kappa shape index (κ2) is 10.7. The van der Waals surface area contributed by atoms with Gasteiger partial charge in [-0.1, -0.05) is 157 Å². The van der Waals surface area contributed by atoms with Crippen LogP contribution >= 0.6 is 0 Å². The van der Waals surface area contributed by atoms with E-state index in [2.05, 4.69) is 187 Å². The van der Waals surface area contributed by atoms with Crippen LogP contribution in [0, 0.1) is 0 Å². The Bertz CT molecular complexity index is 3550. The minimum absolute atomic E-state index is 0.0163. The monoisotopic (exact) mass is 714 g/mol. The lowest BCUT2D eigenvalue weighted by Crippen LogP contribution is -2.12. The molecule has 0 aromatic heterocycles. The predicted molar refractivity (Wildman–Crippen MR) is 246 cm³/mol. The van der Waals surface area contributed by atoms with Crippen LogP contribution in [0.3, 0.4) is 0 Å². The number of rotatable bonds is 2. The third-order valence-corrected chi connectivity index (χ3v) is 13.1. The van der Waals surface area contributed by atoms with Crippen LogP contribution < -0.4 is 0 Å². The Kier molecular flexibility index (Phi) is 6.15. The molecule has 0 aliphatic carbocycles. The molecule has 0 unspecified atom stereocenters. The van der Waals surface area contributed by atoms with Crippen LogP contribution in [0.5, 0.6) is 0 Å². The fourth-order valence-electron chi connectivity index (χ4n) is 10.4. The highest BCUT2D eigenvalue weighted by atomic mass is 14.3. The number of benzene rings is 10. The molecule has 0 aliphatic rings. The first-order valence-electron chi connectivity index (χ1n) is 20.2. The second-order valence-electron chi connectivity index (χ2n) is 18.5. The summed E-state index contributed by atoms with van der Waals surface area (Å²) in [5.41, 5.74) is 7.97. The van der Waals surface area contributed by atoms with Crippen LogP contribution in [0.1, 0.15) is 52.7 Å². The van der Waals surface area contributed by atoms with Crippen molar-refractivity contribution in [2.24, 2.45) is 0 Å². The summed E-state index contributed by atoms with van der Waals surface area (Å²) in [6, 6.07) is 56.2. The molecule has 0 nitrogen and oxygen atoms in total. The Hall–Kier alpha value is -6.24. The van der Waals surface area contributed by atoms with E-state index in [1.54, 1.807) is 0 Å². The normalized spacial score (nSPS) is 13.2. The van der Waals surface area contributed by atoms with Gasteiger partial charge >= 0.3 is 0 Å². The van der Waals surface area contributed by atoms with Crippen LogP contribution in [-0.2, 0) is 10.8 Å². The van der Waals surface area contributed by atoms with E-state index in [1.807, 2.05) is 0 Å². The van der Waals surface area contributed by atoms with Gasteiger partial charge in [0.2, 0.25) is 0 Å². The topological polar surface area (TPSA) is 0 Å². The Morgan fingerprint density at radius 1 is 0.268 bits per heavy atom. The number of fused-ring (bicyclic) bond motifs is 7.